The fourth-order valence-electron chi connectivity index (χ4n) is 4.05. The zero-order valence-electron chi connectivity index (χ0n) is 16.1. The number of para-hydroxylation sites is 2. The van der Waals surface area contributed by atoms with Crippen molar-refractivity contribution >= 4 is 10.0 Å². The summed E-state index contributed by atoms with van der Waals surface area (Å²) in [5, 5.41) is 10.9. The summed E-state index contributed by atoms with van der Waals surface area (Å²) < 4.78 is 36.3. The third-order valence-corrected chi connectivity index (χ3v) is 7.00. The minimum atomic E-state index is -3.21. The molecule has 2 aliphatic heterocycles. The molecule has 0 spiro atoms. The standard InChI is InChI=1S/C19H30N2O5S/c1-25-17-6-3-4-7-18(17)26-13-5-10-20-11-8-19(22)9-12-21(27(2,23)24)15-16(19)14-20/h3-4,6-7,16,22H,5,8-15H2,1-2H3/t16-,19-/m1/s1. The fourth-order valence-corrected chi connectivity index (χ4v) is 4.93. The summed E-state index contributed by atoms with van der Waals surface area (Å²) in [6, 6.07) is 7.59. The van der Waals surface area contributed by atoms with Crippen LogP contribution in [0.1, 0.15) is 19.3 Å². The van der Waals surface area contributed by atoms with Gasteiger partial charge in [-0.2, -0.15) is 0 Å². The average molecular weight is 399 g/mol. The second kappa shape index (κ2) is 8.34. The summed E-state index contributed by atoms with van der Waals surface area (Å²) in [6.07, 6.45) is 3.32. The number of hydrogen-bond donors (Lipinski definition) is 1. The van der Waals surface area contributed by atoms with E-state index in [0.717, 1.165) is 37.6 Å². The molecular formula is C19H30N2O5S. The van der Waals surface area contributed by atoms with E-state index in [4.69, 9.17) is 9.47 Å². The van der Waals surface area contributed by atoms with Crippen molar-refractivity contribution in [3.05, 3.63) is 24.3 Å². The predicted molar refractivity (Wildman–Crippen MR) is 104 cm³/mol. The molecule has 2 heterocycles. The molecule has 1 aromatic rings. The molecule has 8 heteroatoms. The second-order valence-electron chi connectivity index (χ2n) is 7.57. The summed E-state index contributed by atoms with van der Waals surface area (Å²) in [4.78, 5) is 2.30. The maximum absolute atomic E-state index is 11.8. The van der Waals surface area contributed by atoms with Crippen LogP contribution in [0.5, 0.6) is 11.5 Å². The van der Waals surface area contributed by atoms with Crippen LogP contribution in [0.4, 0.5) is 0 Å². The fraction of sp³-hybridized carbons (Fsp3) is 0.684. The lowest BCUT2D eigenvalue weighted by atomic mass is 9.76. The van der Waals surface area contributed by atoms with Gasteiger partial charge in [-0.15, -0.1) is 0 Å². The molecule has 2 saturated heterocycles. The molecule has 3 rings (SSSR count). The van der Waals surface area contributed by atoms with E-state index < -0.39 is 15.6 Å². The first-order chi connectivity index (χ1) is 12.8. The molecule has 1 N–H and O–H groups in total. The van der Waals surface area contributed by atoms with Gasteiger partial charge in [0.2, 0.25) is 10.0 Å². The second-order valence-corrected chi connectivity index (χ2v) is 9.56. The van der Waals surface area contributed by atoms with Crippen LogP contribution >= 0.6 is 0 Å². The van der Waals surface area contributed by atoms with Crippen molar-refractivity contribution in [1.29, 1.82) is 0 Å². The molecule has 2 atom stereocenters. The Morgan fingerprint density at radius 3 is 2.59 bits per heavy atom. The van der Waals surface area contributed by atoms with Crippen LogP contribution in [0.2, 0.25) is 0 Å². The smallest absolute Gasteiger partial charge is 0.211 e. The van der Waals surface area contributed by atoms with Gasteiger partial charge in [0.25, 0.3) is 0 Å². The Morgan fingerprint density at radius 1 is 1.19 bits per heavy atom. The van der Waals surface area contributed by atoms with Gasteiger partial charge in [-0.25, -0.2) is 12.7 Å². The Morgan fingerprint density at radius 2 is 1.89 bits per heavy atom. The van der Waals surface area contributed by atoms with E-state index in [-0.39, 0.29) is 5.92 Å². The van der Waals surface area contributed by atoms with Gasteiger partial charge in [0.05, 0.1) is 25.6 Å². The third kappa shape index (κ3) is 4.93. The molecule has 2 aliphatic rings. The molecule has 0 amide bonds. The first-order valence-corrected chi connectivity index (χ1v) is 11.3. The van der Waals surface area contributed by atoms with Crippen LogP contribution < -0.4 is 9.47 Å². The van der Waals surface area contributed by atoms with Crippen molar-refractivity contribution in [2.45, 2.75) is 24.9 Å². The highest BCUT2D eigenvalue weighted by atomic mass is 32.2. The lowest BCUT2D eigenvalue weighted by Gasteiger charge is -2.49. The Balaban J connectivity index is 1.48. The molecule has 27 heavy (non-hydrogen) atoms. The SMILES string of the molecule is COc1ccccc1OCCCN1CC[C@@]2(O)CCN(S(C)(=O)=O)C[C@H]2C1. The summed E-state index contributed by atoms with van der Waals surface area (Å²) >= 11 is 0. The first-order valence-electron chi connectivity index (χ1n) is 9.47. The number of benzene rings is 1. The molecule has 2 fully saturated rings. The van der Waals surface area contributed by atoms with Crippen molar-refractivity contribution < 1.29 is 23.0 Å². The normalized spacial score (nSPS) is 27.1. The van der Waals surface area contributed by atoms with E-state index in [1.165, 1.54) is 10.6 Å². The third-order valence-electron chi connectivity index (χ3n) is 5.73. The molecule has 0 aliphatic carbocycles. The monoisotopic (exact) mass is 398 g/mol. The number of methoxy groups -OCH3 is 1. The lowest BCUT2D eigenvalue weighted by Crippen LogP contribution is -2.60. The van der Waals surface area contributed by atoms with Gasteiger partial charge in [-0.3, -0.25) is 0 Å². The highest BCUT2D eigenvalue weighted by molar-refractivity contribution is 7.88. The van der Waals surface area contributed by atoms with Gasteiger partial charge in [0.15, 0.2) is 11.5 Å². The van der Waals surface area contributed by atoms with E-state index in [9.17, 15) is 13.5 Å². The Kier molecular flexibility index (Phi) is 6.30. The number of hydrogen-bond acceptors (Lipinski definition) is 6. The summed E-state index contributed by atoms with van der Waals surface area (Å²) in [6.45, 7) is 3.82. The van der Waals surface area contributed by atoms with Crippen molar-refractivity contribution in [3.8, 4) is 11.5 Å². The maximum Gasteiger partial charge on any atom is 0.211 e. The van der Waals surface area contributed by atoms with Crippen molar-refractivity contribution in [1.82, 2.24) is 9.21 Å². The van der Waals surface area contributed by atoms with Crippen molar-refractivity contribution in [3.63, 3.8) is 0 Å². The molecule has 152 valence electrons. The van der Waals surface area contributed by atoms with Gasteiger partial charge in [0, 0.05) is 38.6 Å². The molecule has 0 saturated carbocycles. The van der Waals surface area contributed by atoms with E-state index in [2.05, 4.69) is 4.90 Å². The number of nitrogens with zero attached hydrogens (tertiary/aromatic N) is 2. The largest absolute Gasteiger partial charge is 0.493 e. The van der Waals surface area contributed by atoms with E-state index in [0.29, 0.717) is 32.5 Å². The van der Waals surface area contributed by atoms with Crippen molar-refractivity contribution in [2.24, 2.45) is 5.92 Å². The molecule has 0 aromatic heterocycles. The van der Waals surface area contributed by atoms with Gasteiger partial charge < -0.3 is 19.5 Å². The highest BCUT2D eigenvalue weighted by Gasteiger charge is 2.46. The molecule has 0 unspecified atom stereocenters. The van der Waals surface area contributed by atoms with Crippen molar-refractivity contribution in [2.75, 3.05) is 52.7 Å². The van der Waals surface area contributed by atoms with Gasteiger partial charge >= 0.3 is 0 Å². The molecular weight excluding hydrogens is 368 g/mol. The van der Waals surface area contributed by atoms with Gasteiger partial charge in [-0.05, 0) is 31.4 Å². The number of sulfonamides is 1. The predicted octanol–water partition coefficient (Wildman–Crippen LogP) is 1.18. The Bertz CT molecular complexity index is 741. The number of piperidine rings is 2. The van der Waals surface area contributed by atoms with Gasteiger partial charge in [-0.1, -0.05) is 12.1 Å². The molecule has 0 radical (unpaired) electrons. The van der Waals surface area contributed by atoms with Crippen LogP contribution in [0.15, 0.2) is 24.3 Å². The van der Waals surface area contributed by atoms with Crippen LogP contribution in [0.25, 0.3) is 0 Å². The minimum absolute atomic E-state index is 0.0372. The quantitative estimate of drug-likeness (QED) is 0.695. The molecule has 1 aromatic carbocycles. The molecule has 0 bridgehead atoms. The highest BCUT2D eigenvalue weighted by Crippen LogP contribution is 2.36. The number of likely N-dealkylation sites (tertiary alicyclic amines) is 1. The summed E-state index contributed by atoms with van der Waals surface area (Å²) in [7, 11) is -1.58. The topological polar surface area (TPSA) is 79.3 Å². The Labute approximate surface area is 161 Å². The summed E-state index contributed by atoms with van der Waals surface area (Å²) in [5.41, 5.74) is -0.731. The minimum Gasteiger partial charge on any atom is -0.493 e. The summed E-state index contributed by atoms with van der Waals surface area (Å²) in [5.74, 6) is 1.43. The van der Waals surface area contributed by atoms with Crippen LogP contribution in [0, 0.1) is 5.92 Å². The lowest BCUT2D eigenvalue weighted by molar-refractivity contribution is -0.101. The van der Waals surface area contributed by atoms with Gasteiger partial charge in [0.1, 0.15) is 0 Å². The zero-order chi connectivity index (χ0) is 19.5. The Hall–Kier alpha value is -1.35. The average Bonchev–Trinajstić information content (AvgIpc) is 2.64. The van der Waals surface area contributed by atoms with Crippen LogP contribution in [-0.2, 0) is 10.0 Å². The first kappa shape index (κ1) is 20.4. The zero-order valence-corrected chi connectivity index (χ0v) is 17.0. The van der Waals surface area contributed by atoms with E-state index >= 15 is 0 Å². The van der Waals surface area contributed by atoms with E-state index in [1.807, 2.05) is 24.3 Å². The maximum atomic E-state index is 11.8. The number of rotatable bonds is 7. The van der Waals surface area contributed by atoms with Crippen LogP contribution in [-0.4, -0.2) is 81.0 Å². The number of ether oxygens (including phenoxy) is 2. The van der Waals surface area contributed by atoms with Crippen LogP contribution in [0.3, 0.4) is 0 Å². The number of aliphatic hydroxyl groups is 1. The number of fused-ring (bicyclic) bond motifs is 1. The molecule has 7 nitrogen and oxygen atoms in total. The van der Waals surface area contributed by atoms with E-state index in [1.54, 1.807) is 7.11 Å².